The van der Waals surface area contributed by atoms with Crippen molar-refractivity contribution in [3.05, 3.63) is 12.7 Å². The number of carbonyl (C=O) groups excluding carboxylic acids is 1. The summed E-state index contributed by atoms with van der Waals surface area (Å²) < 4.78 is 5.71. The van der Waals surface area contributed by atoms with Gasteiger partial charge >= 0.3 is 0 Å². The van der Waals surface area contributed by atoms with Crippen LogP contribution in [0.3, 0.4) is 0 Å². The van der Waals surface area contributed by atoms with E-state index in [1.54, 1.807) is 0 Å². The van der Waals surface area contributed by atoms with Gasteiger partial charge in [0.1, 0.15) is 0 Å². The van der Waals surface area contributed by atoms with E-state index >= 15 is 0 Å². The molecule has 2 heterocycles. The fourth-order valence-corrected chi connectivity index (χ4v) is 2.39. The molecule has 2 unspecified atom stereocenters. The molecule has 0 aromatic rings. The van der Waals surface area contributed by atoms with Gasteiger partial charge in [0.15, 0.2) is 0 Å². The Bertz CT molecular complexity index is 277. The van der Waals surface area contributed by atoms with Gasteiger partial charge in [-0.05, 0) is 12.5 Å². The van der Waals surface area contributed by atoms with Crippen LogP contribution in [0.1, 0.15) is 6.42 Å². The van der Waals surface area contributed by atoms with E-state index in [0.29, 0.717) is 25.7 Å². The Morgan fingerprint density at radius 1 is 1.53 bits per heavy atom. The van der Waals surface area contributed by atoms with Crippen molar-refractivity contribution in [1.82, 2.24) is 15.5 Å². The molecule has 2 saturated heterocycles. The Balaban J connectivity index is 1.80. The molecular formula is C12H21N3O2. The van der Waals surface area contributed by atoms with Gasteiger partial charge in [-0.1, -0.05) is 6.58 Å². The largest absolute Gasteiger partial charge is 0.374 e. The van der Waals surface area contributed by atoms with Gasteiger partial charge < -0.3 is 20.3 Å². The summed E-state index contributed by atoms with van der Waals surface area (Å²) in [5.74, 6) is 0.00743. The first-order valence-corrected chi connectivity index (χ1v) is 6.26. The lowest BCUT2D eigenvalue weighted by molar-refractivity contribution is -0.134. The zero-order valence-corrected chi connectivity index (χ0v) is 10.2. The van der Waals surface area contributed by atoms with E-state index in [9.17, 15) is 4.79 Å². The lowest BCUT2D eigenvalue weighted by Gasteiger charge is -2.35. The molecule has 1 amide bonds. The van der Waals surface area contributed by atoms with E-state index < -0.39 is 0 Å². The number of carbonyl (C=O) groups is 1. The molecule has 17 heavy (non-hydrogen) atoms. The second-order valence-electron chi connectivity index (χ2n) is 4.57. The molecule has 0 spiro atoms. The zero-order valence-electron chi connectivity index (χ0n) is 10.2. The first-order valence-electron chi connectivity index (χ1n) is 6.26. The summed E-state index contributed by atoms with van der Waals surface area (Å²) in [6.07, 6.45) is 2.47. The predicted octanol–water partition coefficient (Wildman–Crippen LogP) is -0.649. The highest BCUT2D eigenvalue weighted by Gasteiger charge is 2.25. The number of nitrogens with zero attached hydrogens (tertiary/aromatic N) is 1. The van der Waals surface area contributed by atoms with Gasteiger partial charge in [-0.3, -0.25) is 4.79 Å². The number of morpholine rings is 1. The highest BCUT2D eigenvalue weighted by atomic mass is 16.5. The molecular weight excluding hydrogens is 218 g/mol. The minimum Gasteiger partial charge on any atom is -0.374 e. The van der Waals surface area contributed by atoms with Crippen molar-refractivity contribution in [2.24, 2.45) is 0 Å². The van der Waals surface area contributed by atoms with E-state index in [-0.39, 0.29) is 12.0 Å². The van der Waals surface area contributed by atoms with Crippen LogP contribution in [0.2, 0.25) is 0 Å². The number of nitrogens with one attached hydrogen (secondary N) is 2. The van der Waals surface area contributed by atoms with Crippen molar-refractivity contribution in [1.29, 1.82) is 0 Å². The van der Waals surface area contributed by atoms with Crippen LogP contribution in [-0.4, -0.2) is 62.3 Å². The molecule has 0 aromatic heterocycles. The van der Waals surface area contributed by atoms with Crippen LogP contribution in [0.15, 0.2) is 12.7 Å². The van der Waals surface area contributed by atoms with Crippen LogP contribution < -0.4 is 10.6 Å². The number of amides is 1. The number of hydrogen-bond acceptors (Lipinski definition) is 4. The van der Waals surface area contributed by atoms with E-state index in [4.69, 9.17) is 4.74 Å². The van der Waals surface area contributed by atoms with Crippen LogP contribution in [0, 0.1) is 0 Å². The number of ether oxygens (including phenoxy) is 1. The molecule has 0 aromatic carbocycles. The van der Waals surface area contributed by atoms with Crippen molar-refractivity contribution in [3.63, 3.8) is 0 Å². The van der Waals surface area contributed by atoms with Crippen LogP contribution in [0.4, 0.5) is 0 Å². The molecule has 0 bridgehead atoms. The van der Waals surface area contributed by atoms with E-state index in [2.05, 4.69) is 17.2 Å². The smallest absolute Gasteiger partial charge is 0.246 e. The van der Waals surface area contributed by atoms with E-state index in [1.165, 1.54) is 6.08 Å². The Labute approximate surface area is 102 Å². The first-order chi connectivity index (χ1) is 8.29. The number of piperazine rings is 1. The Morgan fingerprint density at radius 2 is 2.41 bits per heavy atom. The number of hydrogen-bond donors (Lipinski definition) is 2. The Hall–Kier alpha value is -0.910. The second-order valence-corrected chi connectivity index (χ2v) is 4.57. The lowest BCUT2D eigenvalue weighted by Crippen LogP contribution is -2.52. The Morgan fingerprint density at radius 3 is 3.12 bits per heavy atom. The monoisotopic (exact) mass is 239 g/mol. The third-order valence-corrected chi connectivity index (χ3v) is 3.30. The maximum absolute atomic E-state index is 11.5. The summed E-state index contributed by atoms with van der Waals surface area (Å²) in [7, 11) is 0. The average molecular weight is 239 g/mol. The quantitative estimate of drug-likeness (QED) is 0.643. The molecule has 2 rings (SSSR count). The molecule has 5 nitrogen and oxygen atoms in total. The highest BCUT2D eigenvalue weighted by molar-refractivity contribution is 5.87. The van der Waals surface area contributed by atoms with Gasteiger partial charge in [-0.2, -0.15) is 0 Å². The lowest BCUT2D eigenvalue weighted by atomic mass is 10.1. The molecule has 96 valence electrons. The van der Waals surface area contributed by atoms with Gasteiger partial charge in [0.25, 0.3) is 0 Å². The van der Waals surface area contributed by atoms with Crippen molar-refractivity contribution < 1.29 is 9.53 Å². The Kier molecular flexibility index (Phi) is 4.53. The number of rotatable bonds is 3. The van der Waals surface area contributed by atoms with Gasteiger partial charge in [-0.25, -0.2) is 0 Å². The minimum absolute atomic E-state index is 0.00743. The molecule has 0 aliphatic carbocycles. The first kappa shape index (κ1) is 12.5. The zero-order chi connectivity index (χ0) is 12.1. The molecule has 2 aliphatic rings. The predicted molar refractivity (Wildman–Crippen MR) is 65.8 cm³/mol. The van der Waals surface area contributed by atoms with E-state index in [0.717, 1.165) is 26.1 Å². The molecule has 2 atom stereocenters. The van der Waals surface area contributed by atoms with Crippen molar-refractivity contribution >= 4 is 5.91 Å². The summed E-state index contributed by atoms with van der Waals surface area (Å²) in [4.78, 5) is 13.3. The SMILES string of the molecule is C=CC(=O)N1CCOC(CC2CNCCN2)C1. The topological polar surface area (TPSA) is 53.6 Å². The molecule has 0 radical (unpaired) electrons. The maximum atomic E-state index is 11.5. The molecule has 0 saturated carbocycles. The van der Waals surface area contributed by atoms with Gasteiger partial charge in [0.2, 0.25) is 5.91 Å². The fraction of sp³-hybridized carbons (Fsp3) is 0.750. The van der Waals surface area contributed by atoms with Crippen molar-refractivity contribution in [2.45, 2.75) is 18.6 Å². The summed E-state index contributed by atoms with van der Waals surface area (Å²) in [6, 6.07) is 0.451. The molecule has 2 N–H and O–H groups in total. The highest BCUT2D eigenvalue weighted by Crippen LogP contribution is 2.11. The molecule has 2 aliphatic heterocycles. The third-order valence-electron chi connectivity index (χ3n) is 3.30. The minimum atomic E-state index is 0.00743. The van der Waals surface area contributed by atoms with Gasteiger partial charge in [0.05, 0.1) is 12.7 Å². The van der Waals surface area contributed by atoms with Crippen LogP contribution >= 0.6 is 0 Å². The summed E-state index contributed by atoms with van der Waals surface area (Å²) in [6.45, 7) is 8.53. The van der Waals surface area contributed by atoms with Crippen molar-refractivity contribution in [3.8, 4) is 0 Å². The third kappa shape index (κ3) is 3.52. The van der Waals surface area contributed by atoms with Gasteiger partial charge in [0, 0.05) is 38.8 Å². The average Bonchev–Trinajstić information content (AvgIpc) is 2.39. The van der Waals surface area contributed by atoms with Crippen molar-refractivity contribution in [2.75, 3.05) is 39.3 Å². The fourth-order valence-electron chi connectivity index (χ4n) is 2.39. The van der Waals surface area contributed by atoms with Crippen LogP contribution in [-0.2, 0) is 9.53 Å². The molecule has 2 fully saturated rings. The normalized spacial score (nSPS) is 30.0. The summed E-state index contributed by atoms with van der Waals surface area (Å²) >= 11 is 0. The van der Waals surface area contributed by atoms with Gasteiger partial charge in [-0.15, -0.1) is 0 Å². The van der Waals surface area contributed by atoms with Crippen LogP contribution in [0.5, 0.6) is 0 Å². The second kappa shape index (κ2) is 6.14. The van der Waals surface area contributed by atoms with Crippen LogP contribution in [0.25, 0.3) is 0 Å². The standard InChI is InChI=1S/C12H21N3O2/c1-2-12(16)15-5-6-17-11(9-15)7-10-8-13-3-4-14-10/h2,10-11,13-14H,1,3-9H2. The van der Waals surface area contributed by atoms with E-state index in [1.807, 2.05) is 4.90 Å². The summed E-state index contributed by atoms with van der Waals surface area (Å²) in [5.41, 5.74) is 0. The molecule has 5 heteroatoms. The maximum Gasteiger partial charge on any atom is 0.246 e. The summed E-state index contributed by atoms with van der Waals surface area (Å²) in [5, 5.41) is 6.81.